The number of benzene rings is 2. The van der Waals surface area contributed by atoms with Crippen LogP contribution in [0.2, 0.25) is 0 Å². The molecule has 5 heteroatoms. The molecule has 0 unspecified atom stereocenters. The summed E-state index contributed by atoms with van der Waals surface area (Å²) in [5, 5.41) is 9.67. The number of aryl methyl sites for hydroxylation is 1. The second-order valence-corrected chi connectivity index (χ2v) is 6.67. The van der Waals surface area contributed by atoms with Crippen LogP contribution >= 0.6 is 0 Å². The fourth-order valence-corrected chi connectivity index (χ4v) is 3.53. The molecule has 1 aliphatic rings. The molecule has 3 aromatic rings. The lowest BCUT2D eigenvalue weighted by molar-refractivity contribution is 0.299. The largest absolute Gasteiger partial charge is 0.494 e. The van der Waals surface area contributed by atoms with Crippen LogP contribution in [0.25, 0.3) is 16.8 Å². The Balaban J connectivity index is 1.86. The first-order valence-electron chi connectivity index (χ1n) is 8.97. The topological polar surface area (TPSA) is 62.0 Å². The van der Waals surface area contributed by atoms with E-state index in [2.05, 4.69) is 34.7 Å². The SMILES string of the molecule is C=C(OCC)c1cc(C)cc2nc(C#N)c(N3Cc4ccccc4C3)nc12. The van der Waals surface area contributed by atoms with Crippen LogP contribution in [0.5, 0.6) is 0 Å². The molecule has 0 bridgehead atoms. The summed E-state index contributed by atoms with van der Waals surface area (Å²) in [5.41, 5.74) is 6.10. The average molecular weight is 356 g/mol. The maximum Gasteiger partial charge on any atom is 0.183 e. The van der Waals surface area contributed by atoms with Crippen molar-refractivity contribution in [1.82, 2.24) is 9.97 Å². The highest BCUT2D eigenvalue weighted by atomic mass is 16.5. The molecule has 134 valence electrons. The zero-order chi connectivity index (χ0) is 19.0. The van der Waals surface area contributed by atoms with Crippen LogP contribution in [0.4, 0.5) is 5.82 Å². The summed E-state index contributed by atoms with van der Waals surface area (Å²) < 4.78 is 5.62. The molecule has 0 saturated heterocycles. The number of fused-ring (bicyclic) bond motifs is 2. The molecule has 0 fully saturated rings. The molecule has 2 aromatic carbocycles. The standard InChI is InChI=1S/C22H20N4O/c1-4-27-15(3)18-9-14(2)10-19-21(18)25-22(20(11-23)24-19)26-12-16-7-5-6-8-17(16)13-26/h5-10H,3-4,12-13H2,1-2H3. The van der Waals surface area contributed by atoms with Gasteiger partial charge in [0.1, 0.15) is 17.3 Å². The van der Waals surface area contributed by atoms with E-state index in [0.29, 0.717) is 34.9 Å². The lowest BCUT2D eigenvalue weighted by Crippen LogP contribution is -2.18. The van der Waals surface area contributed by atoms with Crippen molar-refractivity contribution in [2.24, 2.45) is 0 Å². The Morgan fingerprint density at radius 1 is 1.22 bits per heavy atom. The van der Waals surface area contributed by atoms with Crippen LogP contribution in [0.15, 0.2) is 43.0 Å². The molecule has 0 N–H and O–H groups in total. The molecular weight excluding hydrogens is 336 g/mol. The van der Waals surface area contributed by atoms with Gasteiger partial charge in [-0.3, -0.25) is 0 Å². The van der Waals surface area contributed by atoms with E-state index in [1.807, 2.05) is 38.1 Å². The molecule has 0 spiro atoms. The Morgan fingerprint density at radius 2 is 1.93 bits per heavy atom. The second-order valence-electron chi connectivity index (χ2n) is 6.67. The van der Waals surface area contributed by atoms with E-state index in [-0.39, 0.29) is 0 Å². The third kappa shape index (κ3) is 3.00. The van der Waals surface area contributed by atoms with Gasteiger partial charge in [0.15, 0.2) is 11.5 Å². The van der Waals surface area contributed by atoms with E-state index in [0.717, 1.165) is 24.2 Å². The lowest BCUT2D eigenvalue weighted by Gasteiger charge is -2.19. The van der Waals surface area contributed by atoms with Crippen molar-refractivity contribution >= 4 is 22.6 Å². The smallest absolute Gasteiger partial charge is 0.183 e. The summed E-state index contributed by atoms with van der Waals surface area (Å²) in [6, 6.07) is 14.5. The second kappa shape index (κ2) is 6.73. The average Bonchev–Trinajstić information content (AvgIpc) is 3.10. The highest BCUT2D eigenvalue weighted by molar-refractivity contribution is 5.89. The fraction of sp³-hybridized carbons (Fsp3) is 0.227. The maximum absolute atomic E-state index is 9.67. The summed E-state index contributed by atoms with van der Waals surface area (Å²) in [5.74, 6) is 1.18. The van der Waals surface area contributed by atoms with Crippen molar-refractivity contribution in [2.45, 2.75) is 26.9 Å². The molecule has 5 nitrogen and oxygen atoms in total. The Hall–Kier alpha value is -3.39. The van der Waals surface area contributed by atoms with Crippen molar-refractivity contribution in [2.75, 3.05) is 11.5 Å². The molecule has 0 amide bonds. The molecule has 0 aliphatic carbocycles. The minimum absolute atomic E-state index is 0.342. The monoisotopic (exact) mass is 356 g/mol. The number of nitriles is 1. The first-order chi connectivity index (χ1) is 13.1. The number of hydrogen-bond donors (Lipinski definition) is 0. The number of ether oxygens (including phenoxy) is 1. The highest BCUT2D eigenvalue weighted by Crippen LogP contribution is 2.32. The maximum atomic E-state index is 9.67. The Bertz CT molecular complexity index is 1070. The van der Waals surface area contributed by atoms with E-state index >= 15 is 0 Å². The van der Waals surface area contributed by atoms with Gasteiger partial charge in [0, 0.05) is 18.7 Å². The minimum atomic E-state index is 0.342. The van der Waals surface area contributed by atoms with Gasteiger partial charge in [-0.15, -0.1) is 0 Å². The van der Waals surface area contributed by atoms with Crippen LogP contribution in [-0.2, 0) is 17.8 Å². The van der Waals surface area contributed by atoms with Crippen LogP contribution < -0.4 is 4.90 Å². The van der Waals surface area contributed by atoms with E-state index in [9.17, 15) is 5.26 Å². The van der Waals surface area contributed by atoms with Gasteiger partial charge in [-0.2, -0.15) is 5.26 Å². The summed E-state index contributed by atoms with van der Waals surface area (Å²) in [6.07, 6.45) is 0. The third-order valence-corrected chi connectivity index (χ3v) is 4.76. The molecule has 1 aliphatic heterocycles. The van der Waals surface area contributed by atoms with Crippen molar-refractivity contribution in [3.05, 3.63) is 70.9 Å². The van der Waals surface area contributed by atoms with Crippen molar-refractivity contribution in [3.8, 4) is 6.07 Å². The van der Waals surface area contributed by atoms with Gasteiger partial charge in [-0.25, -0.2) is 9.97 Å². The van der Waals surface area contributed by atoms with Crippen LogP contribution in [0.1, 0.15) is 34.9 Å². The molecule has 2 heterocycles. The first kappa shape index (κ1) is 17.0. The summed E-state index contributed by atoms with van der Waals surface area (Å²) in [4.78, 5) is 11.6. The predicted octanol–water partition coefficient (Wildman–Crippen LogP) is 4.34. The van der Waals surface area contributed by atoms with E-state index in [1.165, 1.54) is 11.1 Å². The highest BCUT2D eigenvalue weighted by Gasteiger charge is 2.24. The Morgan fingerprint density at radius 3 is 2.56 bits per heavy atom. The van der Waals surface area contributed by atoms with Crippen LogP contribution in [0.3, 0.4) is 0 Å². The zero-order valence-electron chi connectivity index (χ0n) is 15.5. The molecular formula is C22H20N4O. The van der Waals surface area contributed by atoms with Gasteiger partial charge in [0.05, 0.1) is 12.1 Å². The van der Waals surface area contributed by atoms with Gasteiger partial charge in [0.2, 0.25) is 0 Å². The van der Waals surface area contributed by atoms with E-state index in [1.54, 1.807) is 0 Å². The molecule has 0 saturated carbocycles. The van der Waals surface area contributed by atoms with Gasteiger partial charge in [0.25, 0.3) is 0 Å². The molecule has 0 atom stereocenters. The van der Waals surface area contributed by atoms with Gasteiger partial charge < -0.3 is 9.64 Å². The van der Waals surface area contributed by atoms with E-state index in [4.69, 9.17) is 9.72 Å². The van der Waals surface area contributed by atoms with Gasteiger partial charge in [-0.05, 0) is 42.7 Å². The molecule has 4 rings (SSSR count). The quantitative estimate of drug-likeness (QED) is 0.651. The third-order valence-electron chi connectivity index (χ3n) is 4.76. The van der Waals surface area contributed by atoms with Gasteiger partial charge in [-0.1, -0.05) is 30.8 Å². The summed E-state index contributed by atoms with van der Waals surface area (Å²) >= 11 is 0. The van der Waals surface area contributed by atoms with E-state index < -0.39 is 0 Å². The predicted molar refractivity (Wildman–Crippen MR) is 106 cm³/mol. The summed E-state index contributed by atoms with van der Waals surface area (Å²) in [7, 11) is 0. The fourth-order valence-electron chi connectivity index (χ4n) is 3.53. The molecule has 1 aromatic heterocycles. The summed E-state index contributed by atoms with van der Waals surface area (Å²) in [6.45, 7) is 9.93. The van der Waals surface area contributed by atoms with Crippen LogP contribution in [-0.4, -0.2) is 16.6 Å². The Kier molecular flexibility index (Phi) is 4.25. The number of aromatic nitrogens is 2. The van der Waals surface area contributed by atoms with Crippen molar-refractivity contribution in [1.29, 1.82) is 5.26 Å². The van der Waals surface area contributed by atoms with Crippen LogP contribution in [0, 0.1) is 18.3 Å². The molecule has 27 heavy (non-hydrogen) atoms. The van der Waals surface area contributed by atoms with Gasteiger partial charge >= 0.3 is 0 Å². The molecule has 0 radical (unpaired) electrons. The minimum Gasteiger partial charge on any atom is -0.494 e. The number of rotatable bonds is 4. The normalized spacial score (nSPS) is 12.7. The number of anilines is 1. The van der Waals surface area contributed by atoms with Crippen molar-refractivity contribution < 1.29 is 4.74 Å². The number of hydrogen-bond acceptors (Lipinski definition) is 5. The zero-order valence-corrected chi connectivity index (χ0v) is 15.5. The lowest BCUT2D eigenvalue weighted by atomic mass is 10.1. The first-order valence-corrected chi connectivity index (χ1v) is 8.97. The van der Waals surface area contributed by atoms with Crippen molar-refractivity contribution in [3.63, 3.8) is 0 Å². The number of nitrogens with zero attached hydrogens (tertiary/aromatic N) is 4. The Labute approximate surface area is 158 Å².